The van der Waals surface area contributed by atoms with Crippen LogP contribution in [0.15, 0.2) is 40.8 Å². The van der Waals surface area contributed by atoms with E-state index in [2.05, 4.69) is 10.3 Å². The number of benzene rings is 2. The van der Waals surface area contributed by atoms with Crippen LogP contribution >= 0.6 is 11.6 Å². The molecule has 4 rings (SSSR count). The molecule has 0 saturated carbocycles. The molecule has 35 heavy (non-hydrogen) atoms. The first kappa shape index (κ1) is 24.7. The second-order valence-corrected chi connectivity index (χ2v) is 8.74. The number of carboxylic acid groups (broad SMARTS) is 1. The lowest BCUT2D eigenvalue weighted by Crippen LogP contribution is -2.52. The topological polar surface area (TPSA) is 114 Å². The number of carbonyl (C=O) groups excluding carboxylic acids is 1. The summed E-state index contributed by atoms with van der Waals surface area (Å²) in [6.07, 6.45) is -0.467. The number of methoxy groups -OCH3 is 1. The number of hydrogen-bond acceptors (Lipinski definition) is 7. The van der Waals surface area contributed by atoms with Gasteiger partial charge in [-0.1, -0.05) is 23.7 Å². The number of carbonyl (C=O) groups is 2. The number of oxazole rings is 1. The number of fused-ring (bicyclic) bond motifs is 1. The van der Waals surface area contributed by atoms with E-state index in [-0.39, 0.29) is 54.5 Å². The number of hydrogen-bond donors (Lipinski definition) is 2. The Bertz CT molecular complexity index is 1240. The number of anilines is 1. The third kappa shape index (κ3) is 5.49. The van der Waals surface area contributed by atoms with Gasteiger partial charge in [0.05, 0.1) is 38.3 Å². The van der Waals surface area contributed by atoms with Crippen molar-refractivity contribution in [3.05, 3.63) is 52.5 Å². The molecule has 9 nitrogen and oxygen atoms in total. The summed E-state index contributed by atoms with van der Waals surface area (Å²) >= 11 is 6.03. The Labute approximate surface area is 205 Å². The number of nitrogens with zero attached hydrogens (tertiary/aromatic N) is 2. The van der Waals surface area contributed by atoms with Crippen molar-refractivity contribution in [2.75, 3.05) is 32.3 Å². The van der Waals surface area contributed by atoms with E-state index in [4.69, 9.17) is 25.5 Å². The quantitative estimate of drug-likeness (QED) is 0.465. The van der Waals surface area contributed by atoms with Gasteiger partial charge in [0.25, 0.3) is 11.9 Å². The molecule has 2 aromatic carbocycles. The number of ether oxygens (including phenoxy) is 2. The monoisotopic (exact) mass is 505 g/mol. The van der Waals surface area contributed by atoms with Gasteiger partial charge in [-0.05, 0) is 36.8 Å². The van der Waals surface area contributed by atoms with Gasteiger partial charge >= 0.3 is 5.97 Å². The first-order chi connectivity index (χ1) is 16.8. The summed E-state index contributed by atoms with van der Waals surface area (Å²) in [6, 6.07) is 8.55. The minimum Gasteiger partial charge on any atom is -0.493 e. The fourth-order valence-corrected chi connectivity index (χ4v) is 4.25. The van der Waals surface area contributed by atoms with Gasteiger partial charge in [0.15, 0.2) is 11.3 Å². The van der Waals surface area contributed by atoms with Gasteiger partial charge in [0, 0.05) is 17.1 Å². The molecule has 1 aromatic heterocycles. The number of carboxylic acids is 1. The molecule has 186 valence electrons. The van der Waals surface area contributed by atoms with Crippen molar-refractivity contribution in [3.63, 3.8) is 0 Å². The normalized spacial score (nSPS) is 18.9. The van der Waals surface area contributed by atoms with Crippen LogP contribution in [0.4, 0.5) is 10.4 Å². The van der Waals surface area contributed by atoms with Crippen LogP contribution in [0.2, 0.25) is 5.02 Å². The molecule has 2 heterocycles. The Morgan fingerprint density at radius 3 is 2.86 bits per heavy atom. The van der Waals surface area contributed by atoms with Crippen molar-refractivity contribution in [2.45, 2.75) is 31.5 Å². The van der Waals surface area contributed by atoms with Crippen LogP contribution < -0.4 is 10.1 Å². The predicted molar refractivity (Wildman–Crippen MR) is 127 cm³/mol. The highest BCUT2D eigenvalue weighted by molar-refractivity contribution is 6.30. The number of aromatic nitrogens is 1. The largest absolute Gasteiger partial charge is 0.493 e. The van der Waals surface area contributed by atoms with E-state index >= 15 is 0 Å². The zero-order valence-electron chi connectivity index (χ0n) is 19.2. The standard InChI is InChI=1S/C24H25ClFN3O6/c1-13-11-29(17(12-34-13)9-21(30)31)23(32)15-7-18-22(20(8-15)33-2)35-24(27-18)28-19(10-26)14-4-3-5-16(25)6-14/h3-8,13,17,19H,9-12H2,1-2H3,(H,27,28)(H,30,31). The second-order valence-electron chi connectivity index (χ2n) is 8.31. The summed E-state index contributed by atoms with van der Waals surface area (Å²) in [5, 5.41) is 12.6. The highest BCUT2D eigenvalue weighted by Gasteiger charge is 2.33. The van der Waals surface area contributed by atoms with Crippen LogP contribution in [0, 0.1) is 0 Å². The first-order valence-electron chi connectivity index (χ1n) is 11.0. The fourth-order valence-electron chi connectivity index (χ4n) is 4.05. The van der Waals surface area contributed by atoms with Gasteiger partial charge in [-0.2, -0.15) is 4.98 Å². The molecule has 3 aromatic rings. The third-order valence-corrected chi connectivity index (χ3v) is 6.00. The Balaban J connectivity index is 1.64. The van der Waals surface area contributed by atoms with Crippen molar-refractivity contribution < 1.29 is 33.0 Å². The van der Waals surface area contributed by atoms with Crippen LogP contribution in [0.1, 0.15) is 35.3 Å². The number of aliphatic carboxylic acids is 1. The van der Waals surface area contributed by atoms with Gasteiger partial charge < -0.3 is 29.2 Å². The van der Waals surface area contributed by atoms with E-state index in [1.807, 2.05) is 6.92 Å². The van der Waals surface area contributed by atoms with Gasteiger partial charge in [-0.15, -0.1) is 0 Å². The van der Waals surface area contributed by atoms with Crippen molar-refractivity contribution in [1.82, 2.24) is 9.88 Å². The van der Waals surface area contributed by atoms with E-state index in [1.54, 1.807) is 24.3 Å². The molecule has 1 amide bonds. The molecule has 3 atom stereocenters. The Kier molecular flexibility index (Phi) is 7.42. The maximum absolute atomic E-state index is 13.8. The van der Waals surface area contributed by atoms with E-state index in [1.165, 1.54) is 24.1 Å². The highest BCUT2D eigenvalue weighted by Crippen LogP contribution is 2.33. The predicted octanol–water partition coefficient (Wildman–Crippen LogP) is 4.32. The summed E-state index contributed by atoms with van der Waals surface area (Å²) in [7, 11) is 1.43. The molecule has 1 fully saturated rings. The molecular weight excluding hydrogens is 481 g/mol. The minimum atomic E-state index is -1.02. The average molecular weight is 506 g/mol. The third-order valence-electron chi connectivity index (χ3n) is 5.76. The van der Waals surface area contributed by atoms with Crippen LogP contribution in [0.25, 0.3) is 11.1 Å². The maximum Gasteiger partial charge on any atom is 0.305 e. The summed E-state index contributed by atoms with van der Waals surface area (Å²) in [5.74, 6) is -1.12. The first-order valence-corrected chi connectivity index (χ1v) is 11.4. The number of halogens is 2. The highest BCUT2D eigenvalue weighted by atomic mass is 35.5. The summed E-state index contributed by atoms with van der Waals surface area (Å²) in [6.45, 7) is 1.46. The lowest BCUT2D eigenvalue weighted by atomic mass is 10.1. The molecule has 11 heteroatoms. The maximum atomic E-state index is 13.8. The van der Waals surface area contributed by atoms with Crippen molar-refractivity contribution in [3.8, 4) is 5.75 Å². The van der Waals surface area contributed by atoms with E-state index in [9.17, 15) is 19.1 Å². The molecule has 1 aliphatic heterocycles. The van der Waals surface area contributed by atoms with Crippen LogP contribution in [-0.2, 0) is 9.53 Å². The minimum absolute atomic E-state index is 0.0503. The molecule has 0 spiro atoms. The molecule has 1 saturated heterocycles. The fraction of sp³-hybridized carbons (Fsp3) is 0.375. The zero-order chi connectivity index (χ0) is 25.1. The average Bonchev–Trinajstić information content (AvgIpc) is 3.25. The molecule has 2 N–H and O–H groups in total. The van der Waals surface area contributed by atoms with Crippen molar-refractivity contribution in [1.29, 1.82) is 0 Å². The van der Waals surface area contributed by atoms with E-state index < -0.39 is 24.7 Å². The Morgan fingerprint density at radius 1 is 1.37 bits per heavy atom. The molecule has 1 aliphatic rings. The van der Waals surface area contributed by atoms with Gasteiger partial charge in [0.1, 0.15) is 12.2 Å². The molecule has 0 bridgehead atoms. The second kappa shape index (κ2) is 10.5. The lowest BCUT2D eigenvalue weighted by molar-refractivity contribution is -0.140. The van der Waals surface area contributed by atoms with E-state index in [0.29, 0.717) is 16.1 Å². The summed E-state index contributed by atoms with van der Waals surface area (Å²) in [4.78, 5) is 30.6. The summed E-state index contributed by atoms with van der Waals surface area (Å²) < 4.78 is 30.6. The van der Waals surface area contributed by atoms with Gasteiger partial charge in [-0.25, -0.2) is 4.39 Å². The zero-order valence-corrected chi connectivity index (χ0v) is 19.9. The molecule has 0 aliphatic carbocycles. The number of alkyl halides is 1. The van der Waals surface area contributed by atoms with Crippen LogP contribution in [0.5, 0.6) is 5.75 Å². The van der Waals surface area contributed by atoms with E-state index in [0.717, 1.165) is 0 Å². The Morgan fingerprint density at radius 2 is 2.17 bits per heavy atom. The van der Waals surface area contributed by atoms with Crippen LogP contribution in [-0.4, -0.2) is 65.9 Å². The number of rotatable bonds is 8. The lowest BCUT2D eigenvalue weighted by Gasteiger charge is -2.38. The Hall–Kier alpha value is -3.37. The molecular formula is C24H25ClFN3O6. The SMILES string of the molecule is COc1cc(C(=O)N2CC(C)OCC2CC(=O)O)cc2nc(NC(CF)c3cccc(Cl)c3)oc12. The van der Waals surface area contributed by atoms with Crippen molar-refractivity contribution in [2.24, 2.45) is 0 Å². The molecule has 3 unspecified atom stereocenters. The summed E-state index contributed by atoms with van der Waals surface area (Å²) in [5.41, 5.74) is 1.49. The number of nitrogens with one attached hydrogen (secondary N) is 1. The van der Waals surface area contributed by atoms with Gasteiger partial charge in [0.2, 0.25) is 0 Å². The number of amides is 1. The smallest absolute Gasteiger partial charge is 0.305 e. The van der Waals surface area contributed by atoms with Crippen molar-refractivity contribution >= 4 is 40.6 Å². The van der Waals surface area contributed by atoms with Gasteiger partial charge in [-0.3, -0.25) is 9.59 Å². The number of morpholine rings is 1. The molecule has 0 radical (unpaired) electrons. The van der Waals surface area contributed by atoms with Crippen LogP contribution in [0.3, 0.4) is 0 Å².